The number of β-amino-alcohol motifs (C(OH)–C–C–N with tert-alkyl or cyclic N) is 1. The predicted molar refractivity (Wildman–Crippen MR) is 68.0 cm³/mol. The van der Waals surface area contributed by atoms with E-state index in [9.17, 15) is 14.7 Å². The summed E-state index contributed by atoms with van der Waals surface area (Å²) < 4.78 is 0. The Balaban J connectivity index is 2.44. The number of nitrogens with one attached hydrogen (secondary N) is 1. The van der Waals surface area contributed by atoms with Gasteiger partial charge in [-0.25, -0.2) is 0 Å². The standard InChI is InChI=1S/C12H23N3O3/c1-3-5-14-8-12(18)15(9-11(14)17)7-10(16)6-13-4-2/h10,13,16H,3-9H2,1-2H3. The van der Waals surface area contributed by atoms with Gasteiger partial charge in [-0.15, -0.1) is 0 Å². The maximum atomic E-state index is 11.8. The molecule has 0 saturated carbocycles. The molecule has 0 radical (unpaired) electrons. The Hall–Kier alpha value is -1.14. The number of piperazine rings is 1. The number of hydrogen-bond acceptors (Lipinski definition) is 4. The van der Waals surface area contributed by atoms with Crippen molar-refractivity contribution in [3.05, 3.63) is 0 Å². The first-order chi connectivity index (χ1) is 8.58. The van der Waals surface area contributed by atoms with Crippen LogP contribution < -0.4 is 5.32 Å². The number of rotatable bonds is 7. The van der Waals surface area contributed by atoms with Gasteiger partial charge in [0.2, 0.25) is 11.8 Å². The molecule has 1 atom stereocenters. The summed E-state index contributed by atoms with van der Waals surface area (Å²) >= 11 is 0. The van der Waals surface area contributed by atoms with Gasteiger partial charge in [0.05, 0.1) is 19.2 Å². The van der Waals surface area contributed by atoms with Crippen LogP contribution in [0.25, 0.3) is 0 Å². The molecule has 2 amide bonds. The van der Waals surface area contributed by atoms with Crippen molar-refractivity contribution in [3.8, 4) is 0 Å². The largest absolute Gasteiger partial charge is 0.390 e. The SMILES string of the molecule is CCCN1CC(=O)N(CC(O)CNCC)CC1=O. The fourth-order valence-electron chi connectivity index (χ4n) is 1.97. The number of likely N-dealkylation sites (N-methyl/N-ethyl adjacent to an activating group) is 1. The van der Waals surface area contributed by atoms with Gasteiger partial charge in [-0.05, 0) is 13.0 Å². The highest BCUT2D eigenvalue weighted by atomic mass is 16.3. The van der Waals surface area contributed by atoms with Crippen molar-refractivity contribution in [1.82, 2.24) is 15.1 Å². The van der Waals surface area contributed by atoms with Crippen LogP contribution in [0.1, 0.15) is 20.3 Å². The minimum atomic E-state index is -0.626. The Morgan fingerprint density at radius 3 is 2.44 bits per heavy atom. The van der Waals surface area contributed by atoms with Gasteiger partial charge in [0, 0.05) is 19.6 Å². The van der Waals surface area contributed by atoms with Crippen LogP contribution in [0.15, 0.2) is 0 Å². The molecular weight excluding hydrogens is 234 g/mol. The first-order valence-electron chi connectivity index (χ1n) is 6.52. The molecule has 1 saturated heterocycles. The second kappa shape index (κ2) is 7.33. The highest BCUT2D eigenvalue weighted by Gasteiger charge is 2.30. The fourth-order valence-corrected chi connectivity index (χ4v) is 1.97. The van der Waals surface area contributed by atoms with E-state index in [-0.39, 0.29) is 31.4 Å². The predicted octanol–water partition coefficient (Wildman–Crippen LogP) is -0.962. The molecular formula is C12H23N3O3. The summed E-state index contributed by atoms with van der Waals surface area (Å²) in [7, 11) is 0. The Kier molecular flexibility index (Phi) is 6.07. The number of hydrogen-bond donors (Lipinski definition) is 2. The van der Waals surface area contributed by atoms with Crippen LogP contribution >= 0.6 is 0 Å². The van der Waals surface area contributed by atoms with Crippen LogP contribution in [0.2, 0.25) is 0 Å². The Bertz CT molecular complexity index is 296. The van der Waals surface area contributed by atoms with Crippen molar-refractivity contribution < 1.29 is 14.7 Å². The van der Waals surface area contributed by atoms with Gasteiger partial charge in [0.1, 0.15) is 0 Å². The molecule has 1 heterocycles. The lowest BCUT2D eigenvalue weighted by Gasteiger charge is -2.34. The fraction of sp³-hybridized carbons (Fsp3) is 0.833. The minimum Gasteiger partial charge on any atom is -0.390 e. The number of aliphatic hydroxyl groups excluding tert-OH is 1. The molecule has 18 heavy (non-hydrogen) atoms. The van der Waals surface area contributed by atoms with Crippen molar-refractivity contribution >= 4 is 11.8 Å². The number of nitrogens with zero attached hydrogens (tertiary/aromatic N) is 2. The van der Waals surface area contributed by atoms with Crippen LogP contribution in [0.3, 0.4) is 0 Å². The molecule has 6 heteroatoms. The van der Waals surface area contributed by atoms with E-state index >= 15 is 0 Å². The second-order valence-electron chi connectivity index (χ2n) is 4.55. The lowest BCUT2D eigenvalue weighted by Crippen LogP contribution is -2.56. The third-order valence-corrected chi connectivity index (χ3v) is 2.91. The zero-order valence-corrected chi connectivity index (χ0v) is 11.2. The third-order valence-electron chi connectivity index (χ3n) is 2.91. The molecule has 0 aromatic heterocycles. The molecule has 104 valence electrons. The molecule has 1 aliphatic heterocycles. The summed E-state index contributed by atoms with van der Waals surface area (Å²) in [5, 5.41) is 12.7. The summed E-state index contributed by atoms with van der Waals surface area (Å²) in [6, 6.07) is 0. The molecule has 1 rings (SSSR count). The third kappa shape index (κ3) is 4.27. The van der Waals surface area contributed by atoms with Gasteiger partial charge < -0.3 is 20.2 Å². The van der Waals surface area contributed by atoms with Crippen LogP contribution in [0.5, 0.6) is 0 Å². The van der Waals surface area contributed by atoms with Crippen molar-refractivity contribution in [1.29, 1.82) is 0 Å². The van der Waals surface area contributed by atoms with Gasteiger partial charge in [-0.1, -0.05) is 13.8 Å². The van der Waals surface area contributed by atoms with E-state index in [2.05, 4.69) is 5.32 Å². The highest BCUT2D eigenvalue weighted by molar-refractivity contribution is 5.92. The maximum absolute atomic E-state index is 11.8. The molecule has 1 fully saturated rings. The molecule has 1 unspecified atom stereocenters. The summed E-state index contributed by atoms with van der Waals surface area (Å²) in [6.45, 7) is 6.20. The Morgan fingerprint density at radius 1 is 1.22 bits per heavy atom. The van der Waals surface area contributed by atoms with Crippen LogP contribution in [-0.4, -0.2) is 72.1 Å². The average molecular weight is 257 g/mol. The van der Waals surface area contributed by atoms with Gasteiger partial charge in [0.25, 0.3) is 0 Å². The van der Waals surface area contributed by atoms with Gasteiger partial charge in [-0.3, -0.25) is 9.59 Å². The molecule has 2 N–H and O–H groups in total. The van der Waals surface area contributed by atoms with E-state index < -0.39 is 6.10 Å². The van der Waals surface area contributed by atoms with Gasteiger partial charge in [0.15, 0.2) is 0 Å². The number of amides is 2. The maximum Gasteiger partial charge on any atom is 0.242 e. The van der Waals surface area contributed by atoms with E-state index in [0.29, 0.717) is 13.1 Å². The zero-order chi connectivity index (χ0) is 13.5. The van der Waals surface area contributed by atoms with Crippen molar-refractivity contribution in [2.75, 3.05) is 39.3 Å². The molecule has 0 aromatic rings. The molecule has 6 nitrogen and oxygen atoms in total. The van der Waals surface area contributed by atoms with Gasteiger partial charge >= 0.3 is 0 Å². The van der Waals surface area contributed by atoms with Crippen LogP contribution in [-0.2, 0) is 9.59 Å². The lowest BCUT2D eigenvalue weighted by atomic mass is 10.2. The molecule has 0 bridgehead atoms. The number of carbonyl (C=O) groups excluding carboxylic acids is 2. The molecule has 0 aromatic carbocycles. The van der Waals surface area contributed by atoms with E-state index in [1.807, 2.05) is 13.8 Å². The van der Waals surface area contributed by atoms with Crippen LogP contribution in [0.4, 0.5) is 0 Å². The van der Waals surface area contributed by atoms with E-state index in [1.54, 1.807) is 4.90 Å². The number of carbonyl (C=O) groups is 2. The van der Waals surface area contributed by atoms with Gasteiger partial charge in [-0.2, -0.15) is 0 Å². The smallest absolute Gasteiger partial charge is 0.242 e. The minimum absolute atomic E-state index is 0.0351. The molecule has 0 aliphatic carbocycles. The molecule has 0 spiro atoms. The monoisotopic (exact) mass is 257 g/mol. The van der Waals surface area contributed by atoms with Crippen molar-refractivity contribution in [3.63, 3.8) is 0 Å². The first-order valence-corrected chi connectivity index (χ1v) is 6.52. The highest BCUT2D eigenvalue weighted by Crippen LogP contribution is 2.06. The normalized spacial score (nSPS) is 18.4. The van der Waals surface area contributed by atoms with E-state index in [4.69, 9.17) is 0 Å². The van der Waals surface area contributed by atoms with Crippen molar-refractivity contribution in [2.45, 2.75) is 26.4 Å². The zero-order valence-electron chi connectivity index (χ0n) is 11.2. The Labute approximate surface area is 108 Å². The van der Waals surface area contributed by atoms with E-state index in [0.717, 1.165) is 13.0 Å². The number of aliphatic hydroxyl groups is 1. The summed E-state index contributed by atoms with van der Waals surface area (Å²) in [6.07, 6.45) is 0.224. The summed E-state index contributed by atoms with van der Waals surface area (Å²) in [5.74, 6) is -0.120. The quantitative estimate of drug-likeness (QED) is 0.616. The average Bonchev–Trinajstić information content (AvgIpc) is 2.33. The molecule has 1 aliphatic rings. The summed E-state index contributed by atoms with van der Waals surface area (Å²) in [5.41, 5.74) is 0. The first kappa shape index (κ1) is 14.9. The Morgan fingerprint density at radius 2 is 1.83 bits per heavy atom. The lowest BCUT2D eigenvalue weighted by molar-refractivity contribution is -0.151. The summed E-state index contributed by atoms with van der Waals surface area (Å²) in [4.78, 5) is 26.6. The second-order valence-corrected chi connectivity index (χ2v) is 4.55. The van der Waals surface area contributed by atoms with Crippen molar-refractivity contribution in [2.24, 2.45) is 0 Å². The topological polar surface area (TPSA) is 72.9 Å². The van der Waals surface area contributed by atoms with E-state index in [1.165, 1.54) is 4.90 Å². The van der Waals surface area contributed by atoms with Crippen LogP contribution in [0, 0.1) is 0 Å².